The van der Waals surface area contributed by atoms with E-state index in [4.69, 9.17) is 4.74 Å². The number of carbonyl (C=O) groups is 2. The van der Waals surface area contributed by atoms with Gasteiger partial charge in [0, 0.05) is 17.3 Å². The molecule has 2 N–H and O–H groups in total. The van der Waals surface area contributed by atoms with Crippen LogP contribution < -0.4 is 15.4 Å². The molecule has 1 fully saturated rings. The van der Waals surface area contributed by atoms with Crippen LogP contribution in [-0.2, 0) is 11.2 Å². The molecule has 154 valence electrons. The quantitative estimate of drug-likeness (QED) is 0.719. The lowest BCUT2D eigenvalue weighted by Crippen LogP contribution is -2.36. The molecule has 29 heavy (non-hydrogen) atoms. The molecule has 2 amide bonds. The number of aryl methyl sites for hydroxylation is 2. The molecule has 1 aliphatic carbocycles. The molecular weight excluding hydrogens is 364 g/mol. The number of ether oxygens (including phenoxy) is 1. The summed E-state index contributed by atoms with van der Waals surface area (Å²) in [5.41, 5.74) is 3.24. The average molecular weight is 395 g/mol. The van der Waals surface area contributed by atoms with Gasteiger partial charge in [0.15, 0.2) is 6.61 Å². The van der Waals surface area contributed by atoms with E-state index in [9.17, 15) is 9.59 Å². The molecule has 0 spiro atoms. The summed E-state index contributed by atoms with van der Waals surface area (Å²) < 4.78 is 5.67. The predicted octanol–water partition coefficient (Wildman–Crippen LogP) is 4.64. The van der Waals surface area contributed by atoms with Crippen molar-refractivity contribution in [1.82, 2.24) is 5.32 Å². The molecule has 0 aliphatic heterocycles. The highest BCUT2D eigenvalue weighted by Crippen LogP contribution is 2.21. The summed E-state index contributed by atoms with van der Waals surface area (Å²) in [5, 5.41) is 6.00. The lowest BCUT2D eigenvalue weighted by atomic mass is 9.95. The van der Waals surface area contributed by atoms with Crippen LogP contribution in [0, 0.1) is 6.92 Å². The van der Waals surface area contributed by atoms with E-state index in [-0.39, 0.29) is 24.5 Å². The number of carbonyl (C=O) groups excluding carboxylic acids is 2. The normalized spacial score (nSPS) is 14.3. The number of amides is 2. The van der Waals surface area contributed by atoms with Crippen molar-refractivity contribution in [3.8, 4) is 5.75 Å². The summed E-state index contributed by atoms with van der Waals surface area (Å²) >= 11 is 0. The van der Waals surface area contributed by atoms with Crippen molar-refractivity contribution in [2.45, 2.75) is 58.4 Å². The Bertz CT molecular complexity index is 857. The van der Waals surface area contributed by atoms with Crippen molar-refractivity contribution >= 4 is 17.5 Å². The number of benzene rings is 2. The van der Waals surface area contributed by atoms with Crippen LogP contribution in [0.15, 0.2) is 42.5 Å². The Morgan fingerprint density at radius 3 is 2.55 bits per heavy atom. The highest BCUT2D eigenvalue weighted by atomic mass is 16.5. The van der Waals surface area contributed by atoms with Crippen molar-refractivity contribution in [1.29, 1.82) is 0 Å². The summed E-state index contributed by atoms with van der Waals surface area (Å²) in [6.07, 6.45) is 6.58. The molecule has 0 saturated heterocycles. The number of nitrogens with one attached hydrogen (secondary N) is 2. The van der Waals surface area contributed by atoms with Crippen LogP contribution in [0.4, 0.5) is 5.69 Å². The third-order valence-corrected chi connectivity index (χ3v) is 5.42. The second-order valence-electron chi connectivity index (χ2n) is 7.64. The molecule has 5 heteroatoms. The molecule has 2 aromatic carbocycles. The monoisotopic (exact) mass is 394 g/mol. The zero-order valence-corrected chi connectivity index (χ0v) is 17.3. The van der Waals surface area contributed by atoms with Gasteiger partial charge in [-0.25, -0.2) is 0 Å². The number of rotatable bonds is 7. The Morgan fingerprint density at radius 2 is 1.83 bits per heavy atom. The van der Waals surface area contributed by atoms with E-state index in [0.29, 0.717) is 11.3 Å². The van der Waals surface area contributed by atoms with Crippen LogP contribution in [0.2, 0.25) is 0 Å². The highest BCUT2D eigenvalue weighted by Gasteiger charge is 2.17. The summed E-state index contributed by atoms with van der Waals surface area (Å²) in [6.45, 7) is 3.89. The van der Waals surface area contributed by atoms with Crippen molar-refractivity contribution in [3.05, 3.63) is 59.2 Å². The van der Waals surface area contributed by atoms with Crippen molar-refractivity contribution < 1.29 is 14.3 Å². The number of hydrogen-bond donors (Lipinski definition) is 2. The summed E-state index contributed by atoms with van der Waals surface area (Å²) in [4.78, 5) is 24.8. The minimum absolute atomic E-state index is 0.0441. The van der Waals surface area contributed by atoms with Crippen LogP contribution >= 0.6 is 0 Å². The van der Waals surface area contributed by atoms with Gasteiger partial charge in [0.25, 0.3) is 11.8 Å². The zero-order valence-electron chi connectivity index (χ0n) is 17.3. The van der Waals surface area contributed by atoms with Crippen molar-refractivity contribution in [2.75, 3.05) is 11.9 Å². The van der Waals surface area contributed by atoms with E-state index in [0.717, 1.165) is 36.1 Å². The van der Waals surface area contributed by atoms with Gasteiger partial charge >= 0.3 is 0 Å². The van der Waals surface area contributed by atoms with Crippen LogP contribution in [0.3, 0.4) is 0 Å². The third-order valence-electron chi connectivity index (χ3n) is 5.42. The molecule has 0 unspecified atom stereocenters. The first-order valence-electron chi connectivity index (χ1n) is 10.5. The molecule has 0 aromatic heterocycles. The van der Waals surface area contributed by atoms with Gasteiger partial charge in [-0.1, -0.05) is 44.4 Å². The highest BCUT2D eigenvalue weighted by molar-refractivity contribution is 5.97. The van der Waals surface area contributed by atoms with Crippen molar-refractivity contribution in [3.63, 3.8) is 0 Å². The van der Waals surface area contributed by atoms with E-state index in [2.05, 4.69) is 17.6 Å². The lowest BCUT2D eigenvalue weighted by Gasteiger charge is -2.23. The topological polar surface area (TPSA) is 67.4 Å². The fraction of sp³-hybridized carbons (Fsp3) is 0.417. The summed E-state index contributed by atoms with van der Waals surface area (Å²) in [5.74, 6) is 0.465. The fourth-order valence-corrected chi connectivity index (χ4v) is 3.73. The Hall–Kier alpha value is -2.82. The predicted molar refractivity (Wildman–Crippen MR) is 115 cm³/mol. The smallest absolute Gasteiger partial charge is 0.262 e. The molecule has 0 heterocycles. The zero-order chi connectivity index (χ0) is 20.6. The van der Waals surface area contributed by atoms with Gasteiger partial charge in [-0.05, 0) is 61.6 Å². The second kappa shape index (κ2) is 10.1. The van der Waals surface area contributed by atoms with E-state index < -0.39 is 0 Å². The molecular formula is C24H30N2O3. The molecule has 0 radical (unpaired) electrons. The molecule has 1 saturated carbocycles. The van der Waals surface area contributed by atoms with Gasteiger partial charge in [0.1, 0.15) is 5.75 Å². The first kappa shape index (κ1) is 20.9. The molecule has 0 atom stereocenters. The minimum atomic E-state index is -0.224. The Labute approximate surface area is 172 Å². The maximum Gasteiger partial charge on any atom is 0.262 e. The van der Waals surface area contributed by atoms with Gasteiger partial charge in [-0.15, -0.1) is 0 Å². The number of para-hydroxylation sites is 1. The van der Waals surface area contributed by atoms with E-state index in [1.165, 1.54) is 19.3 Å². The lowest BCUT2D eigenvalue weighted by molar-refractivity contribution is -0.118. The average Bonchev–Trinajstić information content (AvgIpc) is 2.74. The summed E-state index contributed by atoms with van der Waals surface area (Å²) in [6, 6.07) is 13.4. The summed E-state index contributed by atoms with van der Waals surface area (Å²) in [7, 11) is 0. The van der Waals surface area contributed by atoms with Gasteiger partial charge in [-0.3, -0.25) is 9.59 Å². The van der Waals surface area contributed by atoms with Gasteiger partial charge < -0.3 is 15.4 Å². The number of hydrogen-bond acceptors (Lipinski definition) is 3. The molecule has 0 bridgehead atoms. The third kappa shape index (κ3) is 5.83. The Balaban J connectivity index is 1.55. The molecule has 5 nitrogen and oxygen atoms in total. The maximum absolute atomic E-state index is 12.5. The SMILES string of the molecule is CCc1ccccc1OCC(=O)Nc1ccc(C(=O)NC2CCCCC2)cc1C. The van der Waals surface area contributed by atoms with E-state index in [1.807, 2.05) is 37.3 Å². The molecule has 1 aliphatic rings. The van der Waals surface area contributed by atoms with E-state index >= 15 is 0 Å². The Morgan fingerprint density at radius 1 is 1.07 bits per heavy atom. The number of anilines is 1. The van der Waals surface area contributed by atoms with Crippen LogP contribution in [0.25, 0.3) is 0 Å². The first-order chi connectivity index (χ1) is 14.1. The second-order valence-corrected chi connectivity index (χ2v) is 7.64. The van der Waals surface area contributed by atoms with Crippen molar-refractivity contribution in [2.24, 2.45) is 0 Å². The molecule has 2 aromatic rings. The van der Waals surface area contributed by atoms with Crippen LogP contribution in [0.5, 0.6) is 5.75 Å². The standard InChI is InChI=1S/C24H30N2O3/c1-3-18-9-7-8-12-22(18)29-16-23(27)26-21-14-13-19(15-17(21)2)24(28)25-20-10-5-4-6-11-20/h7-9,12-15,20H,3-6,10-11,16H2,1-2H3,(H,25,28)(H,26,27). The largest absolute Gasteiger partial charge is 0.483 e. The minimum Gasteiger partial charge on any atom is -0.483 e. The van der Waals surface area contributed by atoms with Gasteiger partial charge in [0.2, 0.25) is 0 Å². The van der Waals surface area contributed by atoms with Gasteiger partial charge in [0.05, 0.1) is 0 Å². The Kier molecular flexibility index (Phi) is 7.28. The molecule has 3 rings (SSSR count). The first-order valence-corrected chi connectivity index (χ1v) is 10.5. The maximum atomic E-state index is 12.5. The van der Waals surface area contributed by atoms with E-state index in [1.54, 1.807) is 12.1 Å². The van der Waals surface area contributed by atoms with Crippen LogP contribution in [0.1, 0.15) is 60.5 Å². The van der Waals surface area contributed by atoms with Crippen LogP contribution in [-0.4, -0.2) is 24.5 Å². The fourth-order valence-electron chi connectivity index (χ4n) is 3.73. The van der Waals surface area contributed by atoms with Gasteiger partial charge in [-0.2, -0.15) is 0 Å².